The Balaban J connectivity index is 1.40. The average molecular weight is 271 g/mol. The fourth-order valence-corrected chi connectivity index (χ4v) is 3.90. The Labute approximate surface area is 118 Å². The van der Waals surface area contributed by atoms with E-state index in [0.29, 0.717) is 0 Å². The van der Waals surface area contributed by atoms with Crippen molar-refractivity contribution in [3.05, 3.63) is 34.2 Å². The first-order valence-corrected chi connectivity index (χ1v) is 7.71. The van der Waals surface area contributed by atoms with Gasteiger partial charge < -0.3 is 9.97 Å². The lowest BCUT2D eigenvalue weighted by atomic mass is 9.84. The van der Waals surface area contributed by atoms with Gasteiger partial charge in [-0.1, -0.05) is 31.7 Å². The Kier molecular flexibility index (Phi) is 2.91. The molecule has 1 saturated carbocycles. The monoisotopic (exact) mass is 271 g/mol. The number of likely N-dealkylation sites (tertiary alicyclic amines) is 1. The first-order valence-electron chi connectivity index (χ1n) is 7.71. The van der Waals surface area contributed by atoms with Crippen LogP contribution in [0.3, 0.4) is 0 Å². The molecule has 1 saturated heterocycles. The molecule has 20 heavy (non-hydrogen) atoms. The molecule has 0 radical (unpaired) electrons. The Bertz CT molecular complexity index is 660. The highest BCUT2D eigenvalue weighted by molar-refractivity contribution is 5.74. The number of fused-ring (bicyclic) bond motifs is 1. The van der Waals surface area contributed by atoms with E-state index >= 15 is 0 Å². The summed E-state index contributed by atoms with van der Waals surface area (Å²) in [5.41, 5.74) is 2.98. The van der Waals surface area contributed by atoms with Crippen LogP contribution in [0.5, 0.6) is 0 Å². The number of H-pyrrole nitrogens is 2. The Hall–Kier alpha value is -1.55. The predicted octanol–water partition coefficient (Wildman–Crippen LogP) is 2.48. The van der Waals surface area contributed by atoms with Crippen molar-refractivity contribution >= 4 is 11.0 Å². The largest absolute Gasteiger partial charge is 0.323 e. The van der Waals surface area contributed by atoms with Gasteiger partial charge in [-0.2, -0.15) is 0 Å². The summed E-state index contributed by atoms with van der Waals surface area (Å²) in [5, 5.41) is 0. The van der Waals surface area contributed by atoms with E-state index in [1.165, 1.54) is 44.3 Å². The molecular formula is C16H21N3O. The van der Waals surface area contributed by atoms with Crippen LogP contribution in [0.15, 0.2) is 23.0 Å². The first-order chi connectivity index (χ1) is 9.78. The highest BCUT2D eigenvalue weighted by Crippen LogP contribution is 2.36. The average Bonchev–Trinajstić information content (AvgIpc) is 3.00. The Morgan fingerprint density at radius 1 is 1.05 bits per heavy atom. The molecular weight excluding hydrogens is 250 g/mol. The molecule has 0 bridgehead atoms. The maximum absolute atomic E-state index is 11.3. The Morgan fingerprint density at radius 2 is 1.80 bits per heavy atom. The Morgan fingerprint density at radius 3 is 2.60 bits per heavy atom. The van der Waals surface area contributed by atoms with Crippen LogP contribution >= 0.6 is 0 Å². The van der Waals surface area contributed by atoms with Gasteiger partial charge in [-0.05, 0) is 29.5 Å². The number of hydrogen-bond donors (Lipinski definition) is 2. The second kappa shape index (κ2) is 4.77. The quantitative estimate of drug-likeness (QED) is 0.901. The molecule has 1 aliphatic carbocycles. The zero-order chi connectivity index (χ0) is 13.5. The van der Waals surface area contributed by atoms with Crippen molar-refractivity contribution in [2.45, 2.75) is 32.2 Å². The predicted molar refractivity (Wildman–Crippen MR) is 79.6 cm³/mol. The van der Waals surface area contributed by atoms with Gasteiger partial charge in [0.25, 0.3) is 0 Å². The van der Waals surface area contributed by atoms with Crippen molar-refractivity contribution in [3.63, 3.8) is 0 Å². The summed E-state index contributed by atoms with van der Waals surface area (Å²) in [6.45, 7) is 3.52. The lowest BCUT2D eigenvalue weighted by Gasteiger charge is -2.42. The molecule has 0 unspecified atom stereocenters. The molecule has 2 fully saturated rings. The van der Waals surface area contributed by atoms with E-state index in [1.54, 1.807) is 0 Å². The van der Waals surface area contributed by atoms with E-state index in [-0.39, 0.29) is 5.69 Å². The molecule has 0 spiro atoms. The van der Waals surface area contributed by atoms with Crippen molar-refractivity contribution < 1.29 is 0 Å². The van der Waals surface area contributed by atoms with Crippen molar-refractivity contribution in [1.82, 2.24) is 14.9 Å². The smallest absolute Gasteiger partial charge is 0.306 e. The van der Waals surface area contributed by atoms with Gasteiger partial charge in [0.05, 0.1) is 11.0 Å². The number of hydrogen-bond acceptors (Lipinski definition) is 2. The minimum absolute atomic E-state index is 0.123. The topological polar surface area (TPSA) is 51.9 Å². The van der Waals surface area contributed by atoms with E-state index in [4.69, 9.17) is 0 Å². The molecule has 1 aromatic heterocycles. The van der Waals surface area contributed by atoms with Gasteiger partial charge in [-0.15, -0.1) is 0 Å². The summed E-state index contributed by atoms with van der Waals surface area (Å²) in [4.78, 5) is 19.4. The number of imidazole rings is 1. The van der Waals surface area contributed by atoms with Crippen molar-refractivity contribution in [2.75, 3.05) is 13.1 Å². The molecule has 2 aromatic rings. The minimum Gasteiger partial charge on any atom is -0.306 e. The van der Waals surface area contributed by atoms with Crippen LogP contribution in [0.25, 0.3) is 11.0 Å². The molecule has 2 N–H and O–H groups in total. The van der Waals surface area contributed by atoms with E-state index in [9.17, 15) is 4.79 Å². The van der Waals surface area contributed by atoms with E-state index in [0.717, 1.165) is 29.4 Å². The summed E-state index contributed by atoms with van der Waals surface area (Å²) in [7, 11) is 0. The van der Waals surface area contributed by atoms with Crippen LogP contribution in [0.2, 0.25) is 0 Å². The zero-order valence-corrected chi connectivity index (χ0v) is 11.7. The van der Waals surface area contributed by atoms with E-state index in [1.807, 2.05) is 6.07 Å². The van der Waals surface area contributed by atoms with Gasteiger partial charge in [0.15, 0.2) is 0 Å². The van der Waals surface area contributed by atoms with Gasteiger partial charge in [-0.25, -0.2) is 4.79 Å². The highest BCUT2D eigenvalue weighted by Gasteiger charge is 2.34. The third-order valence-corrected chi connectivity index (χ3v) is 5.04. The molecule has 4 rings (SSSR count). The van der Waals surface area contributed by atoms with Crippen molar-refractivity contribution in [1.29, 1.82) is 0 Å². The second-order valence-corrected chi connectivity index (χ2v) is 6.46. The molecule has 106 valence electrons. The van der Waals surface area contributed by atoms with Crippen LogP contribution in [0.4, 0.5) is 0 Å². The molecule has 2 aliphatic rings. The maximum atomic E-state index is 11.3. The first kappa shape index (κ1) is 12.2. The molecule has 4 heteroatoms. The van der Waals surface area contributed by atoms with Crippen LogP contribution in [-0.4, -0.2) is 28.0 Å². The number of rotatable bonds is 3. The number of nitrogens with zero attached hydrogens (tertiary/aromatic N) is 1. The van der Waals surface area contributed by atoms with Crippen molar-refractivity contribution in [2.24, 2.45) is 11.8 Å². The van der Waals surface area contributed by atoms with E-state index < -0.39 is 0 Å². The van der Waals surface area contributed by atoms with Crippen molar-refractivity contribution in [3.8, 4) is 0 Å². The number of aromatic nitrogens is 2. The summed E-state index contributed by atoms with van der Waals surface area (Å²) < 4.78 is 0. The molecule has 2 heterocycles. The zero-order valence-electron chi connectivity index (χ0n) is 11.7. The third kappa shape index (κ3) is 2.18. The van der Waals surface area contributed by atoms with Gasteiger partial charge in [0.2, 0.25) is 0 Å². The minimum atomic E-state index is -0.123. The van der Waals surface area contributed by atoms with Crippen LogP contribution in [0, 0.1) is 11.8 Å². The summed E-state index contributed by atoms with van der Waals surface area (Å²) in [6.07, 6.45) is 5.79. The lowest BCUT2D eigenvalue weighted by molar-refractivity contribution is 0.0522. The molecule has 1 aliphatic heterocycles. The van der Waals surface area contributed by atoms with Gasteiger partial charge in [0.1, 0.15) is 0 Å². The van der Waals surface area contributed by atoms with E-state index in [2.05, 4.69) is 27.0 Å². The van der Waals surface area contributed by atoms with Crippen LogP contribution in [-0.2, 0) is 6.54 Å². The van der Waals surface area contributed by atoms with Gasteiger partial charge in [0, 0.05) is 19.6 Å². The third-order valence-electron chi connectivity index (χ3n) is 5.04. The van der Waals surface area contributed by atoms with Gasteiger partial charge >= 0.3 is 5.69 Å². The molecule has 1 aromatic carbocycles. The molecule has 0 atom stereocenters. The molecule has 0 amide bonds. The summed E-state index contributed by atoms with van der Waals surface area (Å²) in [6, 6.07) is 6.21. The van der Waals surface area contributed by atoms with Crippen LogP contribution < -0.4 is 5.69 Å². The highest BCUT2D eigenvalue weighted by atomic mass is 16.1. The molecule has 4 nitrogen and oxygen atoms in total. The van der Waals surface area contributed by atoms with Gasteiger partial charge in [-0.3, -0.25) is 4.90 Å². The number of aromatic amines is 2. The maximum Gasteiger partial charge on any atom is 0.323 e. The fraction of sp³-hybridized carbons (Fsp3) is 0.562. The lowest BCUT2D eigenvalue weighted by Crippen LogP contribution is -2.48. The second-order valence-electron chi connectivity index (χ2n) is 6.46. The fourth-order valence-electron chi connectivity index (χ4n) is 3.90. The SMILES string of the molecule is O=c1[nH]c2ccc(CN3CC(C4CCCC4)C3)cc2[nH]1. The summed E-state index contributed by atoms with van der Waals surface area (Å²) in [5.74, 6) is 1.93. The normalized spacial score (nSPS) is 21.6. The van der Waals surface area contributed by atoms with Crippen LogP contribution in [0.1, 0.15) is 31.2 Å². The standard InChI is InChI=1S/C16H21N3O/c20-16-17-14-6-5-11(7-15(14)18-16)8-19-9-13(10-19)12-3-1-2-4-12/h5-7,12-13H,1-4,8-10H2,(H2,17,18,20). The summed E-state index contributed by atoms with van der Waals surface area (Å²) >= 11 is 0. The number of benzene rings is 1. The number of nitrogens with one attached hydrogen (secondary N) is 2.